The Bertz CT molecular complexity index is 667. The van der Waals surface area contributed by atoms with Crippen molar-refractivity contribution in [1.29, 1.82) is 0 Å². The van der Waals surface area contributed by atoms with Crippen LogP contribution in [0.25, 0.3) is 0 Å². The highest BCUT2D eigenvalue weighted by Gasteiger charge is 2.32. The SMILES string of the molecule is CC(NC(=O)N(CCO)C1CC1)c1cnn(Cc2ccccc2)c1. The molecule has 6 nitrogen and oxygen atoms in total. The Morgan fingerprint density at radius 3 is 2.83 bits per heavy atom. The fraction of sp³-hybridized carbons (Fsp3) is 0.444. The molecule has 0 aliphatic heterocycles. The molecule has 1 heterocycles. The van der Waals surface area contributed by atoms with Crippen LogP contribution in [0.15, 0.2) is 42.7 Å². The molecular weight excluding hydrogens is 304 g/mol. The highest BCUT2D eigenvalue weighted by atomic mass is 16.3. The van der Waals surface area contributed by atoms with Gasteiger partial charge < -0.3 is 15.3 Å². The molecule has 0 spiro atoms. The van der Waals surface area contributed by atoms with Crippen LogP contribution in [0.1, 0.15) is 36.9 Å². The van der Waals surface area contributed by atoms with Crippen molar-refractivity contribution in [3.63, 3.8) is 0 Å². The van der Waals surface area contributed by atoms with Gasteiger partial charge in [0, 0.05) is 24.3 Å². The molecule has 1 aromatic heterocycles. The lowest BCUT2D eigenvalue weighted by molar-refractivity contribution is 0.171. The lowest BCUT2D eigenvalue weighted by atomic mass is 10.2. The number of hydrogen-bond donors (Lipinski definition) is 2. The first kappa shape index (κ1) is 16.5. The van der Waals surface area contributed by atoms with E-state index in [0.717, 1.165) is 18.4 Å². The Morgan fingerprint density at radius 1 is 1.42 bits per heavy atom. The van der Waals surface area contributed by atoms with Crippen molar-refractivity contribution in [3.8, 4) is 0 Å². The number of aromatic nitrogens is 2. The van der Waals surface area contributed by atoms with E-state index in [1.807, 2.05) is 36.0 Å². The van der Waals surface area contributed by atoms with E-state index in [4.69, 9.17) is 5.11 Å². The van der Waals surface area contributed by atoms with Gasteiger partial charge in [-0.05, 0) is 25.3 Å². The summed E-state index contributed by atoms with van der Waals surface area (Å²) in [7, 11) is 0. The molecule has 0 bridgehead atoms. The molecule has 24 heavy (non-hydrogen) atoms. The first-order valence-electron chi connectivity index (χ1n) is 8.41. The number of amides is 2. The Balaban J connectivity index is 1.59. The molecule has 1 unspecified atom stereocenters. The van der Waals surface area contributed by atoms with Crippen LogP contribution in [-0.4, -0.2) is 45.0 Å². The minimum absolute atomic E-state index is 0.00664. The molecule has 1 atom stereocenters. The van der Waals surface area contributed by atoms with Gasteiger partial charge in [0.2, 0.25) is 0 Å². The first-order valence-corrected chi connectivity index (χ1v) is 8.41. The third kappa shape index (κ3) is 4.14. The molecule has 6 heteroatoms. The van der Waals surface area contributed by atoms with Crippen LogP contribution in [-0.2, 0) is 6.54 Å². The first-order chi connectivity index (χ1) is 11.7. The zero-order valence-corrected chi connectivity index (χ0v) is 13.9. The standard InChI is InChI=1S/C18H24N4O2/c1-14(20-18(24)22(9-10-23)17-7-8-17)16-11-19-21(13-16)12-15-5-3-2-4-6-15/h2-6,11,13-14,17,23H,7-10,12H2,1H3,(H,20,24). The summed E-state index contributed by atoms with van der Waals surface area (Å²) >= 11 is 0. The maximum absolute atomic E-state index is 12.4. The Morgan fingerprint density at radius 2 is 2.17 bits per heavy atom. The van der Waals surface area contributed by atoms with Crippen molar-refractivity contribution in [2.45, 2.75) is 38.4 Å². The van der Waals surface area contributed by atoms with E-state index in [9.17, 15) is 4.79 Å². The number of aliphatic hydroxyl groups excluding tert-OH is 1. The highest BCUT2D eigenvalue weighted by Crippen LogP contribution is 2.27. The lowest BCUT2D eigenvalue weighted by Crippen LogP contribution is -2.43. The summed E-state index contributed by atoms with van der Waals surface area (Å²) in [5, 5.41) is 16.5. The Kier molecular flexibility index (Phi) is 5.15. The zero-order chi connectivity index (χ0) is 16.9. The van der Waals surface area contributed by atoms with Crippen LogP contribution < -0.4 is 5.32 Å². The number of hydrogen-bond acceptors (Lipinski definition) is 3. The molecule has 1 fully saturated rings. The molecule has 1 aromatic carbocycles. The maximum Gasteiger partial charge on any atom is 0.318 e. The normalized spacial score (nSPS) is 15.1. The summed E-state index contributed by atoms with van der Waals surface area (Å²) in [5.41, 5.74) is 2.16. The van der Waals surface area contributed by atoms with Gasteiger partial charge in [0.1, 0.15) is 0 Å². The van der Waals surface area contributed by atoms with Gasteiger partial charge in [0.25, 0.3) is 0 Å². The van der Waals surface area contributed by atoms with Gasteiger partial charge in [-0.3, -0.25) is 4.68 Å². The van der Waals surface area contributed by atoms with Crippen molar-refractivity contribution >= 4 is 6.03 Å². The molecule has 2 amide bonds. The van der Waals surface area contributed by atoms with E-state index in [1.54, 1.807) is 11.1 Å². The predicted molar refractivity (Wildman–Crippen MR) is 91.5 cm³/mol. The molecule has 2 aromatic rings. The van der Waals surface area contributed by atoms with Gasteiger partial charge in [-0.2, -0.15) is 5.10 Å². The van der Waals surface area contributed by atoms with Gasteiger partial charge in [-0.1, -0.05) is 30.3 Å². The fourth-order valence-electron chi connectivity index (χ4n) is 2.76. The minimum Gasteiger partial charge on any atom is -0.395 e. The van der Waals surface area contributed by atoms with Crippen molar-refractivity contribution in [1.82, 2.24) is 20.0 Å². The molecule has 1 saturated carbocycles. The van der Waals surface area contributed by atoms with Crippen LogP contribution in [0, 0.1) is 0 Å². The molecule has 3 rings (SSSR count). The van der Waals surface area contributed by atoms with E-state index in [-0.39, 0.29) is 24.7 Å². The second-order valence-corrected chi connectivity index (χ2v) is 6.28. The quantitative estimate of drug-likeness (QED) is 0.818. The minimum atomic E-state index is -0.123. The molecule has 0 saturated heterocycles. The third-order valence-electron chi connectivity index (χ3n) is 4.27. The van der Waals surface area contributed by atoms with Crippen molar-refractivity contribution < 1.29 is 9.90 Å². The van der Waals surface area contributed by atoms with E-state index in [1.165, 1.54) is 5.56 Å². The van der Waals surface area contributed by atoms with Crippen molar-refractivity contribution in [2.75, 3.05) is 13.2 Å². The highest BCUT2D eigenvalue weighted by molar-refractivity contribution is 5.75. The summed E-state index contributed by atoms with van der Waals surface area (Å²) in [5.74, 6) is 0. The van der Waals surface area contributed by atoms with Gasteiger partial charge in [-0.25, -0.2) is 4.79 Å². The van der Waals surface area contributed by atoms with Crippen molar-refractivity contribution in [3.05, 3.63) is 53.9 Å². The third-order valence-corrected chi connectivity index (χ3v) is 4.27. The predicted octanol–water partition coefficient (Wildman–Crippen LogP) is 2.16. The summed E-state index contributed by atoms with van der Waals surface area (Å²) in [4.78, 5) is 14.1. The number of nitrogens with one attached hydrogen (secondary N) is 1. The van der Waals surface area contributed by atoms with Crippen LogP contribution in [0.5, 0.6) is 0 Å². The van der Waals surface area contributed by atoms with Gasteiger partial charge in [0.15, 0.2) is 0 Å². The smallest absolute Gasteiger partial charge is 0.318 e. The average molecular weight is 328 g/mol. The molecular formula is C18H24N4O2. The van der Waals surface area contributed by atoms with Gasteiger partial charge in [0.05, 0.1) is 25.4 Å². The fourth-order valence-corrected chi connectivity index (χ4v) is 2.76. The number of aliphatic hydroxyl groups is 1. The second kappa shape index (κ2) is 7.49. The lowest BCUT2D eigenvalue weighted by Gasteiger charge is -2.24. The summed E-state index contributed by atoms with van der Waals surface area (Å²) in [6.45, 7) is 3.04. The molecule has 2 N–H and O–H groups in total. The van der Waals surface area contributed by atoms with E-state index in [2.05, 4.69) is 22.5 Å². The average Bonchev–Trinajstić information content (AvgIpc) is 3.31. The number of rotatable bonds is 7. The largest absolute Gasteiger partial charge is 0.395 e. The van der Waals surface area contributed by atoms with Crippen LogP contribution >= 0.6 is 0 Å². The van der Waals surface area contributed by atoms with Crippen LogP contribution in [0.3, 0.4) is 0 Å². The zero-order valence-electron chi connectivity index (χ0n) is 13.9. The van der Waals surface area contributed by atoms with Crippen molar-refractivity contribution in [2.24, 2.45) is 0 Å². The van der Waals surface area contributed by atoms with Crippen LogP contribution in [0.4, 0.5) is 4.79 Å². The van der Waals surface area contributed by atoms with Gasteiger partial charge >= 0.3 is 6.03 Å². The van der Waals surface area contributed by atoms with E-state index in [0.29, 0.717) is 13.1 Å². The molecule has 0 radical (unpaired) electrons. The second-order valence-electron chi connectivity index (χ2n) is 6.28. The number of nitrogens with zero attached hydrogens (tertiary/aromatic N) is 3. The van der Waals surface area contributed by atoms with Crippen LogP contribution in [0.2, 0.25) is 0 Å². The topological polar surface area (TPSA) is 70.4 Å². The molecule has 1 aliphatic rings. The summed E-state index contributed by atoms with van der Waals surface area (Å²) in [6.07, 6.45) is 5.81. The van der Waals surface area contributed by atoms with E-state index < -0.39 is 0 Å². The Labute approximate surface area is 142 Å². The summed E-state index contributed by atoms with van der Waals surface area (Å²) < 4.78 is 1.87. The van der Waals surface area contributed by atoms with E-state index >= 15 is 0 Å². The monoisotopic (exact) mass is 328 g/mol. The number of urea groups is 1. The maximum atomic E-state index is 12.4. The number of benzene rings is 1. The molecule has 1 aliphatic carbocycles. The van der Waals surface area contributed by atoms with Gasteiger partial charge in [-0.15, -0.1) is 0 Å². The molecule has 128 valence electrons. The summed E-state index contributed by atoms with van der Waals surface area (Å²) in [6, 6.07) is 10.2. The number of carbonyl (C=O) groups is 1. The Hall–Kier alpha value is -2.34. The number of carbonyl (C=O) groups excluding carboxylic acids is 1.